The van der Waals surface area contributed by atoms with Crippen LogP contribution in [-0.2, 0) is 9.59 Å². The SMILES string of the molecule is CC(=O)SC1CC(=O)N(c2c(Br)cc(C)cc2Br)C1. The van der Waals surface area contributed by atoms with Crippen LogP contribution >= 0.6 is 43.6 Å². The van der Waals surface area contributed by atoms with Crippen molar-refractivity contribution in [1.82, 2.24) is 0 Å². The molecule has 1 unspecified atom stereocenters. The highest BCUT2D eigenvalue weighted by atomic mass is 79.9. The first-order chi connectivity index (χ1) is 8.88. The van der Waals surface area contributed by atoms with E-state index in [0.29, 0.717) is 13.0 Å². The van der Waals surface area contributed by atoms with Crippen LogP contribution in [0.25, 0.3) is 0 Å². The van der Waals surface area contributed by atoms with Gasteiger partial charge in [-0.3, -0.25) is 9.59 Å². The molecule has 19 heavy (non-hydrogen) atoms. The van der Waals surface area contributed by atoms with Gasteiger partial charge in [0, 0.05) is 34.1 Å². The molecule has 0 aliphatic carbocycles. The van der Waals surface area contributed by atoms with Crippen LogP contribution in [0.5, 0.6) is 0 Å². The number of benzene rings is 1. The number of anilines is 1. The van der Waals surface area contributed by atoms with Crippen molar-refractivity contribution in [2.24, 2.45) is 0 Å². The van der Waals surface area contributed by atoms with Crippen molar-refractivity contribution in [2.45, 2.75) is 25.5 Å². The number of hydrogen-bond acceptors (Lipinski definition) is 3. The highest BCUT2D eigenvalue weighted by molar-refractivity contribution is 9.11. The molecule has 1 aromatic carbocycles. The molecule has 1 fully saturated rings. The number of hydrogen-bond donors (Lipinski definition) is 0. The molecule has 0 radical (unpaired) electrons. The smallest absolute Gasteiger partial charge is 0.228 e. The first-order valence-electron chi connectivity index (χ1n) is 5.81. The molecule has 3 nitrogen and oxygen atoms in total. The molecule has 0 aromatic heterocycles. The third-order valence-electron chi connectivity index (χ3n) is 2.85. The van der Waals surface area contributed by atoms with Gasteiger partial charge in [-0.05, 0) is 56.5 Å². The van der Waals surface area contributed by atoms with Crippen LogP contribution in [0.2, 0.25) is 0 Å². The standard InChI is InChI=1S/C13H13Br2NO2S/c1-7-3-10(14)13(11(15)4-7)16-6-9(5-12(16)18)19-8(2)17/h3-4,9H,5-6H2,1-2H3. The minimum Gasteiger partial charge on any atom is -0.309 e. The van der Waals surface area contributed by atoms with Gasteiger partial charge < -0.3 is 4.90 Å². The van der Waals surface area contributed by atoms with Gasteiger partial charge in [-0.2, -0.15) is 0 Å². The van der Waals surface area contributed by atoms with Crippen LogP contribution in [0.15, 0.2) is 21.1 Å². The van der Waals surface area contributed by atoms with Gasteiger partial charge in [0.1, 0.15) is 0 Å². The second-order valence-electron chi connectivity index (χ2n) is 4.52. The molecule has 1 aliphatic rings. The number of thioether (sulfide) groups is 1. The van der Waals surface area contributed by atoms with E-state index in [1.165, 1.54) is 18.7 Å². The van der Waals surface area contributed by atoms with E-state index in [-0.39, 0.29) is 16.3 Å². The molecular weight excluding hydrogens is 394 g/mol. The van der Waals surface area contributed by atoms with E-state index >= 15 is 0 Å². The third kappa shape index (κ3) is 3.41. The molecule has 1 saturated heterocycles. The Labute approximate surface area is 133 Å². The predicted octanol–water partition coefficient (Wildman–Crippen LogP) is 3.91. The van der Waals surface area contributed by atoms with Gasteiger partial charge in [0.05, 0.1) is 5.69 Å². The Balaban J connectivity index is 2.28. The van der Waals surface area contributed by atoms with Crippen molar-refractivity contribution < 1.29 is 9.59 Å². The van der Waals surface area contributed by atoms with Gasteiger partial charge in [-0.25, -0.2) is 0 Å². The maximum absolute atomic E-state index is 12.1. The molecule has 1 aliphatic heterocycles. The monoisotopic (exact) mass is 405 g/mol. The summed E-state index contributed by atoms with van der Waals surface area (Å²) in [6.07, 6.45) is 0.414. The molecular formula is C13H13Br2NO2S. The Morgan fingerprint density at radius 2 is 1.95 bits per heavy atom. The minimum absolute atomic E-state index is 0.0464. The number of halogens is 2. The van der Waals surface area contributed by atoms with Crippen LogP contribution in [0.3, 0.4) is 0 Å². The summed E-state index contributed by atoms with van der Waals surface area (Å²) in [6, 6.07) is 3.97. The van der Waals surface area contributed by atoms with E-state index < -0.39 is 0 Å². The van der Waals surface area contributed by atoms with E-state index in [1.54, 1.807) is 4.90 Å². The Morgan fingerprint density at radius 3 is 2.47 bits per heavy atom. The summed E-state index contributed by atoms with van der Waals surface area (Å²) < 4.78 is 1.78. The number of carbonyl (C=O) groups excluding carboxylic acids is 2. The fourth-order valence-corrected chi connectivity index (χ4v) is 4.92. The number of nitrogens with zero attached hydrogens (tertiary/aromatic N) is 1. The lowest BCUT2D eigenvalue weighted by Crippen LogP contribution is -2.25. The average Bonchev–Trinajstić information content (AvgIpc) is 2.57. The number of rotatable bonds is 2. The quantitative estimate of drug-likeness (QED) is 0.747. The minimum atomic E-state index is 0.0464. The van der Waals surface area contributed by atoms with Crippen LogP contribution in [0.1, 0.15) is 18.9 Å². The summed E-state index contributed by atoms with van der Waals surface area (Å²) in [6.45, 7) is 4.11. The summed E-state index contributed by atoms with van der Waals surface area (Å²) in [5.74, 6) is 0.0593. The molecule has 0 saturated carbocycles. The Hall–Kier alpha value is -0.330. The predicted molar refractivity (Wildman–Crippen MR) is 85.6 cm³/mol. The highest BCUT2D eigenvalue weighted by Crippen LogP contribution is 2.39. The first-order valence-corrected chi connectivity index (χ1v) is 8.28. The highest BCUT2D eigenvalue weighted by Gasteiger charge is 2.33. The van der Waals surface area contributed by atoms with Gasteiger partial charge in [0.2, 0.25) is 5.91 Å². The lowest BCUT2D eigenvalue weighted by Gasteiger charge is -2.20. The first kappa shape index (κ1) is 15.1. The van der Waals surface area contributed by atoms with E-state index in [2.05, 4.69) is 31.9 Å². The third-order valence-corrected chi connectivity index (χ3v) is 5.04. The van der Waals surface area contributed by atoms with Gasteiger partial charge in [0.15, 0.2) is 5.12 Å². The Kier molecular flexibility index (Phi) is 4.74. The van der Waals surface area contributed by atoms with Crippen molar-refractivity contribution in [1.29, 1.82) is 0 Å². The van der Waals surface area contributed by atoms with Crippen molar-refractivity contribution >= 4 is 60.3 Å². The summed E-state index contributed by atoms with van der Waals surface area (Å²) in [5.41, 5.74) is 1.96. The molecule has 0 bridgehead atoms. The van der Waals surface area contributed by atoms with Crippen molar-refractivity contribution in [3.8, 4) is 0 Å². The zero-order valence-electron chi connectivity index (χ0n) is 10.6. The normalized spacial score (nSPS) is 19.1. The summed E-state index contributed by atoms with van der Waals surface area (Å²) in [5, 5.41) is 0.104. The lowest BCUT2D eigenvalue weighted by atomic mass is 10.2. The van der Waals surface area contributed by atoms with Crippen LogP contribution < -0.4 is 4.90 Å². The zero-order valence-corrected chi connectivity index (χ0v) is 14.6. The maximum atomic E-state index is 12.1. The second-order valence-corrected chi connectivity index (χ2v) is 7.70. The molecule has 0 N–H and O–H groups in total. The zero-order chi connectivity index (χ0) is 14.2. The van der Waals surface area contributed by atoms with Crippen molar-refractivity contribution in [3.05, 3.63) is 26.6 Å². The van der Waals surface area contributed by atoms with Gasteiger partial charge >= 0.3 is 0 Å². The molecule has 6 heteroatoms. The largest absolute Gasteiger partial charge is 0.309 e. The van der Waals surface area contributed by atoms with Gasteiger partial charge in [0.25, 0.3) is 0 Å². The summed E-state index contributed by atoms with van der Waals surface area (Å²) >= 11 is 8.26. The summed E-state index contributed by atoms with van der Waals surface area (Å²) in [4.78, 5) is 25.0. The number of aryl methyl sites for hydroxylation is 1. The fraction of sp³-hybridized carbons (Fsp3) is 0.385. The van der Waals surface area contributed by atoms with E-state index in [1.807, 2.05) is 19.1 Å². The maximum Gasteiger partial charge on any atom is 0.228 e. The topological polar surface area (TPSA) is 37.4 Å². The molecule has 1 amide bonds. The van der Waals surface area contributed by atoms with E-state index in [4.69, 9.17) is 0 Å². The summed E-state index contributed by atoms with van der Waals surface area (Å²) in [7, 11) is 0. The second kappa shape index (κ2) is 5.97. The van der Waals surface area contributed by atoms with Crippen LogP contribution in [-0.4, -0.2) is 22.8 Å². The molecule has 1 atom stereocenters. The Bertz CT molecular complexity index is 524. The molecule has 1 heterocycles. The fourth-order valence-electron chi connectivity index (χ4n) is 2.15. The van der Waals surface area contributed by atoms with Crippen LogP contribution in [0, 0.1) is 6.92 Å². The molecule has 1 aromatic rings. The van der Waals surface area contributed by atoms with Crippen LogP contribution in [0.4, 0.5) is 5.69 Å². The van der Waals surface area contributed by atoms with E-state index in [0.717, 1.165) is 20.2 Å². The Morgan fingerprint density at radius 1 is 1.37 bits per heavy atom. The van der Waals surface area contributed by atoms with Crippen molar-refractivity contribution in [3.63, 3.8) is 0 Å². The lowest BCUT2D eigenvalue weighted by molar-refractivity contribution is -0.117. The molecule has 102 valence electrons. The number of amides is 1. The van der Waals surface area contributed by atoms with Gasteiger partial charge in [-0.15, -0.1) is 0 Å². The number of carbonyl (C=O) groups is 2. The van der Waals surface area contributed by atoms with E-state index in [9.17, 15) is 9.59 Å². The van der Waals surface area contributed by atoms with Crippen molar-refractivity contribution in [2.75, 3.05) is 11.4 Å². The average molecular weight is 407 g/mol. The molecule has 0 spiro atoms. The van der Waals surface area contributed by atoms with Gasteiger partial charge in [-0.1, -0.05) is 11.8 Å². The molecule has 2 rings (SSSR count).